The van der Waals surface area contributed by atoms with Crippen molar-refractivity contribution in [1.29, 1.82) is 0 Å². The van der Waals surface area contributed by atoms with Crippen molar-refractivity contribution in [2.45, 2.75) is 13.8 Å². The first-order chi connectivity index (χ1) is 13.3. The van der Waals surface area contributed by atoms with Gasteiger partial charge in [-0.2, -0.15) is 0 Å². The zero-order valence-corrected chi connectivity index (χ0v) is 16.7. The highest BCUT2D eigenvalue weighted by molar-refractivity contribution is 6.08. The van der Waals surface area contributed by atoms with Gasteiger partial charge in [-0.25, -0.2) is 0 Å². The summed E-state index contributed by atoms with van der Waals surface area (Å²) in [5.41, 5.74) is 0.861. The Labute approximate surface area is 164 Å². The molecule has 0 saturated heterocycles. The minimum Gasteiger partial charge on any atom is -0.496 e. The molecule has 2 aromatic carbocycles. The van der Waals surface area contributed by atoms with Crippen LogP contribution in [0.3, 0.4) is 0 Å². The highest BCUT2D eigenvalue weighted by Crippen LogP contribution is 2.38. The zero-order valence-electron chi connectivity index (χ0n) is 16.7. The molecule has 148 valence electrons. The molecule has 1 aliphatic rings. The molecular formula is C21H24N2O5. The molecule has 7 heteroatoms. The van der Waals surface area contributed by atoms with Crippen LogP contribution in [0.5, 0.6) is 17.2 Å². The molecule has 0 saturated carbocycles. The molecule has 7 nitrogen and oxygen atoms in total. The van der Waals surface area contributed by atoms with Crippen molar-refractivity contribution >= 4 is 23.2 Å². The van der Waals surface area contributed by atoms with E-state index in [1.165, 1.54) is 14.2 Å². The maximum absolute atomic E-state index is 12.9. The van der Waals surface area contributed by atoms with E-state index in [0.717, 1.165) is 0 Å². The first kappa shape index (κ1) is 19.5. The number of rotatable bonds is 4. The van der Waals surface area contributed by atoms with Gasteiger partial charge in [0.2, 0.25) is 5.91 Å². The van der Waals surface area contributed by atoms with E-state index in [9.17, 15) is 9.59 Å². The number of carbonyl (C=O) groups excluding carboxylic acids is 2. The summed E-state index contributed by atoms with van der Waals surface area (Å²) >= 11 is 0. The molecule has 2 amide bonds. The van der Waals surface area contributed by atoms with Crippen LogP contribution in [0.2, 0.25) is 0 Å². The average Bonchev–Trinajstić information content (AvgIpc) is 2.77. The highest BCUT2D eigenvalue weighted by Gasteiger charge is 2.36. The summed E-state index contributed by atoms with van der Waals surface area (Å²) in [6, 6.07) is 10.3. The lowest BCUT2D eigenvalue weighted by atomic mass is 9.93. The minimum absolute atomic E-state index is 0.0261. The number of ether oxygens (including phenoxy) is 3. The van der Waals surface area contributed by atoms with Gasteiger partial charge >= 0.3 is 0 Å². The molecule has 1 N–H and O–H groups in total. The van der Waals surface area contributed by atoms with Crippen LogP contribution in [0, 0.1) is 5.41 Å². The predicted molar refractivity (Wildman–Crippen MR) is 107 cm³/mol. The summed E-state index contributed by atoms with van der Waals surface area (Å²) in [5, 5.41) is 2.84. The summed E-state index contributed by atoms with van der Waals surface area (Å²) in [5.74, 6) is 0.963. The van der Waals surface area contributed by atoms with Crippen LogP contribution in [-0.4, -0.2) is 39.7 Å². The number of hydrogen-bond acceptors (Lipinski definition) is 5. The fourth-order valence-corrected chi connectivity index (χ4v) is 3.14. The molecule has 1 aliphatic heterocycles. The van der Waals surface area contributed by atoms with E-state index in [1.807, 2.05) is 13.8 Å². The van der Waals surface area contributed by atoms with Gasteiger partial charge in [0.05, 0.1) is 25.3 Å². The molecule has 28 heavy (non-hydrogen) atoms. The Balaban J connectivity index is 1.91. The van der Waals surface area contributed by atoms with Crippen LogP contribution in [0.4, 0.5) is 11.4 Å². The third-order valence-electron chi connectivity index (χ3n) is 4.71. The summed E-state index contributed by atoms with van der Waals surface area (Å²) in [7, 11) is 4.71. The van der Waals surface area contributed by atoms with E-state index in [-0.39, 0.29) is 18.4 Å². The van der Waals surface area contributed by atoms with Gasteiger partial charge in [-0.1, -0.05) is 6.07 Å². The van der Waals surface area contributed by atoms with Crippen LogP contribution in [0.1, 0.15) is 24.2 Å². The van der Waals surface area contributed by atoms with Gasteiger partial charge in [-0.3, -0.25) is 9.59 Å². The number of methoxy groups -OCH3 is 2. The lowest BCUT2D eigenvalue weighted by Crippen LogP contribution is -2.39. The van der Waals surface area contributed by atoms with Gasteiger partial charge < -0.3 is 24.4 Å². The third-order valence-corrected chi connectivity index (χ3v) is 4.71. The largest absolute Gasteiger partial charge is 0.496 e. The number of amides is 2. The van der Waals surface area contributed by atoms with E-state index in [0.29, 0.717) is 34.2 Å². The van der Waals surface area contributed by atoms with E-state index < -0.39 is 5.41 Å². The number of nitrogens with one attached hydrogen (secondary N) is 1. The normalized spacial score (nSPS) is 15.2. The van der Waals surface area contributed by atoms with Crippen molar-refractivity contribution < 1.29 is 23.8 Å². The van der Waals surface area contributed by atoms with Gasteiger partial charge in [0, 0.05) is 18.8 Å². The second-order valence-corrected chi connectivity index (χ2v) is 7.21. The lowest BCUT2D eigenvalue weighted by Gasteiger charge is -2.24. The number of nitrogens with zero attached hydrogens (tertiary/aromatic N) is 1. The minimum atomic E-state index is -0.637. The Kier molecular flexibility index (Phi) is 5.18. The molecule has 0 aromatic heterocycles. The molecule has 0 radical (unpaired) electrons. The van der Waals surface area contributed by atoms with Gasteiger partial charge in [0.1, 0.15) is 29.4 Å². The molecule has 0 bridgehead atoms. The van der Waals surface area contributed by atoms with E-state index >= 15 is 0 Å². The van der Waals surface area contributed by atoms with Crippen molar-refractivity contribution in [2.24, 2.45) is 5.41 Å². The van der Waals surface area contributed by atoms with Crippen molar-refractivity contribution in [3.05, 3.63) is 42.0 Å². The summed E-state index contributed by atoms with van der Waals surface area (Å²) < 4.78 is 16.4. The first-order valence-electron chi connectivity index (χ1n) is 8.86. The SMILES string of the molecule is COc1cccc(OC)c1C(=O)Nc1ccc2c(c1)OCC(C)(C)C(=O)N2C. The molecule has 0 atom stereocenters. The first-order valence-corrected chi connectivity index (χ1v) is 8.86. The Hall–Kier alpha value is -3.22. The summed E-state index contributed by atoms with van der Waals surface area (Å²) in [4.78, 5) is 27.0. The third kappa shape index (κ3) is 3.47. The topological polar surface area (TPSA) is 77.1 Å². The number of benzene rings is 2. The monoisotopic (exact) mass is 384 g/mol. The summed E-state index contributed by atoms with van der Waals surface area (Å²) in [6.45, 7) is 3.93. The smallest absolute Gasteiger partial charge is 0.263 e. The van der Waals surface area contributed by atoms with Crippen molar-refractivity contribution in [2.75, 3.05) is 38.1 Å². The average molecular weight is 384 g/mol. The highest BCUT2D eigenvalue weighted by atomic mass is 16.5. The summed E-state index contributed by atoms with van der Waals surface area (Å²) in [6.07, 6.45) is 0. The van der Waals surface area contributed by atoms with Gasteiger partial charge in [-0.15, -0.1) is 0 Å². The number of fused-ring (bicyclic) bond motifs is 1. The Bertz CT molecular complexity index is 901. The lowest BCUT2D eigenvalue weighted by molar-refractivity contribution is -0.127. The maximum atomic E-state index is 12.9. The molecule has 0 unspecified atom stereocenters. The molecule has 0 spiro atoms. The van der Waals surface area contributed by atoms with Crippen molar-refractivity contribution in [3.63, 3.8) is 0 Å². The van der Waals surface area contributed by atoms with Gasteiger partial charge in [0.25, 0.3) is 5.91 Å². The zero-order chi connectivity index (χ0) is 20.5. The van der Waals surface area contributed by atoms with Crippen LogP contribution in [0.15, 0.2) is 36.4 Å². The molecule has 0 aliphatic carbocycles. The van der Waals surface area contributed by atoms with Gasteiger partial charge in [-0.05, 0) is 38.1 Å². The molecule has 1 heterocycles. The number of carbonyl (C=O) groups is 2. The van der Waals surface area contributed by atoms with E-state index in [1.54, 1.807) is 48.3 Å². The van der Waals surface area contributed by atoms with E-state index in [4.69, 9.17) is 14.2 Å². The standard InChI is InChI=1S/C21H24N2O5/c1-21(2)12-28-17-11-13(9-10-14(17)23(3)20(21)25)22-19(24)18-15(26-4)7-6-8-16(18)27-5/h6-11H,12H2,1-5H3,(H,22,24). The molecule has 3 rings (SSSR count). The second-order valence-electron chi connectivity index (χ2n) is 7.21. The molecule has 0 fully saturated rings. The molecular weight excluding hydrogens is 360 g/mol. The van der Waals surface area contributed by atoms with Crippen molar-refractivity contribution in [1.82, 2.24) is 0 Å². The quantitative estimate of drug-likeness (QED) is 0.875. The van der Waals surface area contributed by atoms with Crippen LogP contribution in [0.25, 0.3) is 0 Å². The Morgan fingerprint density at radius 3 is 2.39 bits per heavy atom. The predicted octanol–water partition coefficient (Wildman–Crippen LogP) is 3.34. The Morgan fingerprint density at radius 2 is 1.79 bits per heavy atom. The fourth-order valence-electron chi connectivity index (χ4n) is 3.14. The Morgan fingerprint density at radius 1 is 1.14 bits per heavy atom. The van der Waals surface area contributed by atoms with E-state index in [2.05, 4.69) is 5.32 Å². The van der Waals surface area contributed by atoms with Gasteiger partial charge in [0.15, 0.2) is 0 Å². The van der Waals surface area contributed by atoms with Crippen LogP contribution in [-0.2, 0) is 4.79 Å². The fraction of sp³-hybridized carbons (Fsp3) is 0.333. The number of anilines is 2. The maximum Gasteiger partial charge on any atom is 0.263 e. The van der Waals surface area contributed by atoms with Crippen molar-refractivity contribution in [3.8, 4) is 17.2 Å². The molecule has 2 aromatic rings. The second kappa shape index (κ2) is 7.42. The van der Waals surface area contributed by atoms with Crippen LogP contribution >= 0.6 is 0 Å². The number of hydrogen-bond donors (Lipinski definition) is 1. The van der Waals surface area contributed by atoms with Crippen LogP contribution < -0.4 is 24.4 Å².